The van der Waals surface area contributed by atoms with Gasteiger partial charge in [0.2, 0.25) is 11.0 Å². The summed E-state index contributed by atoms with van der Waals surface area (Å²) in [5.41, 5.74) is 0.449. The smallest absolute Gasteiger partial charge is 0.251 e. The highest BCUT2D eigenvalue weighted by Gasteiger charge is 2.19. The maximum Gasteiger partial charge on any atom is 0.251 e. The number of halogens is 1. The van der Waals surface area contributed by atoms with Crippen molar-refractivity contribution in [1.29, 1.82) is 0 Å². The van der Waals surface area contributed by atoms with E-state index >= 15 is 0 Å². The second kappa shape index (κ2) is 8.40. The molecule has 1 aromatic heterocycles. The van der Waals surface area contributed by atoms with Crippen LogP contribution in [0.1, 0.15) is 49.0 Å². The summed E-state index contributed by atoms with van der Waals surface area (Å²) in [6.45, 7) is 6.55. The van der Waals surface area contributed by atoms with Crippen LogP contribution in [0, 0.1) is 0 Å². The minimum atomic E-state index is -0.184. The van der Waals surface area contributed by atoms with Crippen LogP contribution in [0.3, 0.4) is 0 Å². The summed E-state index contributed by atoms with van der Waals surface area (Å²) < 4.78 is 0. The lowest BCUT2D eigenvalue weighted by Gasteiger charge is -2.12. The van der Waals surface area contributed by atoms with Gasteiger partial charge in [0.15, 0.2) is 0 Å². The van der Waals surface area contributed by atoms with Crippen LogP contribution in [0.15, 0.2) is 24.3 Å². The van der Waals surface area contributed by atoms with Crippen molar-refractivity contribution >= 4 is 39.9 Å². The van der Waals surface area contributed by atoms with E-state index in [1.54, 1.807) is 24.3 Å². The van der Waals surface area contributed by atoms with Crippen LogP contribution in [-0.4, -0.2) is 28.6 Å². The topological polar surface area (TPSA) is 84.0 Å². The van der Waals surface area contributed by atoms with Crippen molar-refractivity contribution in [2.24, 2.45) is 0 Å². The summed E-state index contributed by atoms with van der Waals surface area (Å²) in [6, 6.07) is 6.65. The number of carbonyl (C=O) groups is 2. The van der Waals surface area contributed by atoms with Crippen molar-refractivity contribution in [2.75, 3.05) is 11.9 Å². The van der Waals surface area contributed by atoms with Crippen LogP contribution < -0.4 is 10.6 Å². The maximum atomic E-state index is 11.9. The third-order valence-electron chi connectivity index (χ3n) is 3.29. The number of anilines is 1. The molecule has 2 amide bonds. The van der Waals surface area contributed by atoms with Gasteiger partial charge in [-0.05, 0) is 30.7 Å². The molecule has 2 rings (SSSR count). The van der Waals surface area contributed by atoms with Crippen LogP contribution in [0.4, 0.5) is 5.13 Å². The molecule has 1 aromatic carbocycles. The quantitative estimate of drug-likeness (QED) is 0.749. The molecule has 2 aromatic rings. The largest absolute Gasteiger partial charge is 0.352 e. The van der Waals surface area contributed by atoms with Crippen LogP contribution in [0.2, 0.25) is 5.02 Å². The average molecular weight is 381 g/mol. The lowest BCUT2D eigenvalue weighted by molar-refractivity contribution is -0.116. The fraction of sp³-hybridized carbons (Fsp3) is 0.412. The van der Waals surface area contributed by atoms with Crippen LogP contribution in [0.5, 0.6) is 0 Å². The van der Waals surface area contributed by atoms with Crippen molar-refractivity contribution in [3.05, 3.63) is 39.9 Å². The van der Waals surface area contributed by atoms with Gasteiger partial charge in [0.1, 0.15) is 5.01 Å². The summed E-state index contributed by atoms with van der Waals surface area (Å²) >= 11 is 7.16. The minimum Gasteiger partial charge on any atom is -0.352 e. The van der Waals surface area contributed by atoms with E-state index in [-0.39, 0.29) is 17.2 Å². The molecule has 25 heavy (non-hydrogen) atoms. The highest BCUT2D eigenvalue weighted by molar-refractivity contribution is 7.15. The first-order valence-corrected chi connectivity index (χ1v) is 9.13. The average Bonchev–Trinajstić information content (AvgIpc) is 3.00. The summed E-state index contributed by atoms with van der Waals surface area (Å²) in [5.74, 6) is -0.326. The Kier molecular flexibility index (Phi) is 6.50. The van der Waals surface area contributed by atoms with Gasteiger partial charge in [-0.25, -0.2) is 0 Å². The Labute approximate surface area is 156 Å². The molecular weight excluding hydrogens is 360 g/mol. The molecule has 0 aliphatic heterocycles. The van der Waals surface area contributed by atoms with Gasteiger partial charge in [-0.15, -0.1) is 10.2 Å². The third-order valence-corrected chi connectivity index (χ3v) is 4.80. The Morgan fingerprint density at radius 3 is 2.44 bits per heavy atom. The molecule has 1 heterocycles. The first-order valence-electron chi connectivity index (χ1n) is 7.93. The van der Waals surface area contributed by atoms with E-state index in [2.05, 4.69) is 20.8 Å². The summed E-state index contributed by atoms with van der Waals surface area (Å²) in [6.07, 6.45) is 0.835. The predicted octanol–water partition coefficient (Wildman–Crippen LogP) is 3.64. The second-order valence-corrected chi connectivity index (χ2v) is 7.99. The van der Waals surface area contributed by atoms with E-state index in [1.807, 2.05) is 20.8 Å². The summed E-state index contributed by atoms with van der Waals surface area (Å²) in [4.78, 5) is 23.8. The molecule has 0 radical (unpaired) electrons. The first kappa shape index (κ1) is 19.3. The Balaban J connectivity index is 1.71. The molecule has 134 valence electrons. The van der Waals surface area contributed by atoms with E-state index < -0.39 is 0 Å². The maximum absolute atomic E-state index is 11.9. The van der Waals surface area contributed by atoms with Gasteiger partial charge in [0.25, 0.3) is 5.91 Å². The number of aromatic nitrogens is 2. The van der Waals surface area contributed by atoms with E-state index in [1.165, 1.54) is 11.3 Å². The van der Waals surface area contributed by atoms with Gasteiger partial charge in [0, 0.05) is 29.0 Å². The monoisotopic (exact) mass is 380 g/mol. The molecule has 0 bridgehead atoms. The van der Waals surface area contributed by atoms with E-state index in [0.717, 1.165) is 5.01 Å². The minimum absolute atomic E-state index is 0.0907. The van der Waals surface area contributed by atoms with Gasteiger partial charge in [-0.2, -0.15) is 0 Å². The molecule has 8 heteroatoms. The number of nitrogens with zero attached hydrogens (tertiary/aromatic N) is 2. The highest BCUT2D eigenvalue weighted by Crippen LogP contribution is 2.27. The first-order chi connectivity index (χ1) is 11.8. The zero-order valence-corrected chi connectivity index (χ0v) is 16.0. The van der Waals surface area contributed by atoms with Crippen molar-refractivity contribution in [1.82, 2.24) is 15.5 Å². The van der Waals surface area contributed by atoms with Crippen molar-refractivity contribution in [2.45, 2.75) is 39.0 Å². The van der Waals surface area contributed by atoms with Crippen LogP contribution in [0.25, 0.3) is 0 Å². The molecule has 0 atom stereocenters. The lowest BCUT2D eigenvalue weighted by atomic mass is 9.98. The SMILES string of the molecule is CC(C)(C)c1nnc(NC(=O)CCCNC(=O)c2ccc(Cl)cc2)s1. The zero-order chi connectivity index (χ0) is 18.4. The highest BCUT2D eigenvalue weighted by atomic mass is 35.5. The molecule has 0 aliphatic rings. The molecule has 0 spiro atoms. The summed E-state index contributed by atoms with van der Waals surface area (Å²) in [7, 11) is 0. The van der Waals surface area contributed by atoms with Crippen molar-refractivity contribution < 1.29 is 9.59 Å². The molecule has 0 saturated carbocycles. The van der Waals surface area contributed by atoms with Gasteiger partial charge >= 0.3 is 0 Å². The predicted molar refractivity (Wildman–Crippen MR) is 100 cm³/mol. The van der Waals surface area contributed by atoms with Gasteiger partial charge in [-0.3, -0.25) is 9.59 Å². The standard InChI is InChI=1S/C17H21ClN4O2S/c1-17(2,3)15-21-22-16(25-15)20-13(23)5-4-10-19-14(24)11-6-8-12(18)9-7-11/h6-9H,4-5,10H2,1-3H3,(H,19,24)(H,20,22,23). The Morgan fingerprint density at radius 1 is 1.16 bits per heavy atom. The molecule has 0 unspecified atom stereocenters. The van der Waals surface area contributed by atoms with Crippen molar-refractivity contribution in [3.8, 4) is 0 Å². The van der Waals surface area contributed by atoms with E-state index in [9.17, 15) is 9.59 Å². The summed E-state index contributed by atoms with van der Waals surface area (Å²) in [5, 5.41) is 15.5. The molecule has 0 saturated heterocycles. The number of hydrogen-bond donors (Lipinski definition) is 2. The Hall–Kier alpha value is -1.99. The second-order valence-electron chi connectivity index (χ2n) is 6.58. The van der Waals surface area contributed by atoms with Crippen LogP contribution >= 0.6 is 22.9 Å². The molecular formula is C17H21ClN4O2S. The fourth-order valence-corrected chi connectivity index (χ4v) is 2.86. The van der Waals surface area contributed by atoms with Gasteiger partial charge in [0.05, 0.1) is 0 Å². The Bertz CT molecular complexity index is 738. The van der Waals surface area contributed by atoms with Crippen molar-refractivity contribution in [3.63, 3.8) is 0 Å². The number of benzene rings is 1. The van der Waals surface area contributed by atoms with E-state index in [4.69, 9.17) is 11.6 Å². The fourth-order valence-electron chi connectivity index (χ4n) is 1.91. The van der Waals surface area contributed by atoms with E-state index in [0.29, 0.717) is 35.1 Å². The normalized spacial score (nSPS) is 11.2. The number of amides is 2. The Morgan fingerprint density at radius 2 is 1.84 bits per heavy atom. The van der Waals surface area contributed by atoms with Gasteiger partial charge < -0.3 is 10.6 Å². The zero-order valence-electron chi connectivity index (χ0n) is 14.4. The molecule has 2 N–H and O–H groups in total. The molecule has 6 nitrogen and oxygen atoms in total. The number of rotatable bonds is 6. The number of carbonyl (C=O) groups excluding carboxylic acids is 2. The lowest BCUT2D eigenvalue weighted by Crippen LogP contribution is -2.25. The van der Waals surface area contributed by atoms with Crippen LogP contribution in [-0.2, 0) is 10.2 Å². The third kappa shape index (κ3) is 6.10. The van der Waals surface area contributed by atoms with Gasteiger partial charge in [-0.1, -0.05) is 43.7 Å². The number of hydrogen-bond acceptors (Lipinski definition) is 5. The molecule has 0 fully saturated rings. The molecule has 0 aliphatic carbocycles. The number of nitrogens with one attached hydrogen (secondary N) is 2.